The number of halogens is 2. The summed E-state index contributed by atoms with van der Waals surface area (Å²) >= 11 is 12.1. The van der Waals surface area contributed by atoms with E-state index in [0.717, 1.165) is 11.3 Å². The molecule has 0 saturated heterocycles. The van der Waals surface area contributed by atoms with E-state index in [2.05, 4.69) is 12.0 Å². The highest BCUT2D eigenvalue weighted by Gasteiger charge is 2.30. The number of rotatable bonds is 3. The zero-order valence-corrected chi connectivity index (χ0v) is 12.1. The number of nitrogens with zero attached hydrogens (tertiary/aromatic N) is 2. The Hall–Kier alpha value is -1.19. The quantitative estimate of drug-likeness (QED) is 0.911. The molecule has 0 spiro atoms. The molecule has 0 bridgehead atoms. The van der Waals surface area contributed by atoms with Gasteiger partial charge in [0.05, 0.1) is 16.8 Å². The minimum Gasteiger partial charge on any atom is -0.384 e. The number of hydrogen-bond donors (Lipinski definition) is 1. The maximum Gasteiger partial charge on any atom is 0.122 e. The van der Waals surface area contributed by atoms with E-state index in [1.165, 1.54) is 12.8 Å². The molecular weight excluding hydrogens is 281 g/mol. The predicted octanol–water partition coefficient (Wildman–Crippen LogP) is 4.41. The first-order valence-corrected chi connectivity index (χ1v) is 7.12. The molecule has 1 unspecified atom stereocenters. The Bertz CT molecular complexity index is 617. The number of anilines is 1. The second-order valence-electron chi connectivity index (χ2n) is 5.10. The highest BCUT2D eigenvalue weighted by atomic mass is 35.5. The minimum atomic E-state index is 0.347. The van der Waals surface area contributed by atoms with Crippen LogP contribution < -0.4 is 5.73 Å². The number of benzene rings is 1. The molecule has 0 radical (unpaired) electrons. The number of aromatic nitrogens is 2. The van der Waals surface area contributed by atoms with E-state index in [4.69, 9.17) is 28.9 Å². The minimum absolute atomic E-state index is 0.347. The van der Waals surface area contributed by atoms with E-state index in [-0.39, 0.29) is 0 Å². The summed E-state index contributed by atoms with van der Waals surface area (Å²) < 4.78 is 1.90. The van der Waals surface area contributed by atoms with Crippen molar-refractivity contribution in [3.8, 4) is 11.3 Å². The summed E-state index contributed by atoms with van der Waals surface area (Å²) in [5, 5.41) is 5.81. The van der Waals surface area contributed by atoms with Gasteiger partial charge in [-0.3, -0.25) is 0 Å². The van der Waals surface area contributed by atoms with E-state index in [1.807, 2.05) is 22.9 Å². The molecule has 1 saturated carbocycles. The van der Waals surface area contributed by atoms with Gasteiger partial charge in [0.2, 0.25) is 0 Å². The average Bonchev–Trinajstić information content (AvgIpc) is 3.12. The van der Waals surface area contributed by atoms with E-state index < -0.39 is 0 Å². The van der Waals surface area contributed by atoms with Crippen molar-refractivity contribution in [1.82, 2.24) is 9.78 Å². The van der Waals surface area contributed by atoms with Crippen LogP contribution in [0.3, 0.4) is 0 Å². The Kier molecular flexibility index (Phi) is 3.19. The summed E-state index contributed by atoms with van der Waals surface area (Å²) in [5.74, 6) is 1.39. The normalized spacial score (nSPS) is 16.6. The lowest BCUT2D eigenvalue weighted by Crippen LogP contribution is -2.11. The van der Waals surface area contributed by atoms with Crippen LogP contribution in [0.5, 0.6) is 0 Å². The van der Waals surface area contributed by atoms with Crippen LogP contribution in [-0.2, 0) is 0 Å². The molecule has 19 heavy (non-hydrogen) atoms. The first-order chi connectivity index (χ1) is 9.06. The van der Waals surface area contributed by atoms with Gasteiger partial charge in [-0.15, -0.1) is 0 Å². The van der Waals surface area contributed by atoms with Crippen LogP contribution in [0.2, 0.25) is 10.0 Å². The zero-order valence-electron chi connectivity index (χ0n) is 10.6. The van der Waals surface area contributed by atoms with Gasteiger partial charge in [0.1, 0.15) is 5.82 Å². The van der Waals surface area contributed by atoms with Crippen LogP contribution in [0.25, 0.3) is 11.3 Å². The lowest BCUT2D eigenvalue weighted by molar-refractivity contribution is 0.447. The SMILES string of the molecule is CC(C1CC1)n1nc(-c2ccc(Cl)cc2Cl)cc1N. The molecule has 3 nitrogen and oxygen atoms in total. The van der Waals surface area contributed by atoms with Gasteiger partial charge in [-0.1, -0.05) is 23.2 Å². The fourth-order valence-corrected chi connectivity index (χ4v) is 2.85. The van der Waals surface area contributed by atoms with E-state index >= 15 is 0 Å². The molecule has 1 atom stereocenters. The molecule has 0 aliphatic heterocycles. The van der Waals surface area contributed by atoms with Crippen molar-refractivity contribution in [3.63, 3.8) is 0 Å². The smallest absolute Gasteiger partial charge is 0.122 e. The fraction of sp³-hybridized carbons (Fsp3) is 0.357. The zero-order chi connectivity index (χ0) is 13.6. The number of nitrogen functional groups attached to an aromatic ring is 1. The second kappa shape index (κ2) is 4.73. The summed E-state index contributed by atoms with van der Waals surface area (Å²) in [6, 6.07) is 7.62. The van der Waals surface area contributed by atoms with Gasteiger partial charge in [-0.25, -0.2) is 4.68 Å². The monoisotopic (exact) mass is 295 g/mol. The van der Waals surface area contributed by atoms with Crippen LogP contribution >= 0.6 is 23.2 Å². The molecule has 1 fully saturated rings. The average molecular weight is 296 g/mol. The number of nitrogens with two attached hydrogens (primary N) is 1. The summed E-state index contributed by atoms with van der Waals surface area (Å²) in [4.78, 5) is 0. The second-order valence-corrected chi connectivity index (χ2v) is 5.94. The van der Waals surface area contributed by atoms with Crippen molar-refractivity contribution < 1.29 is 0 Å². The van der Waals surface area contributed by atoms with Gasteiger partial charge < -0.3 is 5.73 Å². The molecule has 2 aromatic rings. The van der Waals surface area contributed by atoms with Gasteiger partial charge in [-0.05, 0) is 43.9 Å². The Morgan fingerprint density at radius 3 is 2.68 bits per heavy atom. The van der Waals surface area contributed by atoms with Gasteiger partial charge in [0.25, 0.3) is 0 Å². The molecule has 5 heteroatoms. The van der Waals surface area contributed by atoms with Crippen molar-refractivity contribution in [1.29, 1.82) is 0 Å². The molecule has 1 heterocycles. The molecule has 100 valence electrons. The third kappa shape index (κ3) is 2.45. The Balaban J connectivity index is 1.99. The largest absolute Gasteiger partial charge is 0.384 e. The lowest BCUT2D eigenvalue weighted by Gasteiger charge is -2.12. The summed E-state index contributed by atoms with van der Waals surface area (Å²) in [6.07, 6.45) is 2.52. The molecule has 0 amide bonds. The standard InChI is InChI=1S/C14H15Cl2N3/c1-8(9-2-3-9)19-14(17)7-13(18-19)11-5-4-10(15)6-12(11)16/h4-9H,2-3,17H2,1H3. The van der Waals surface area contributed by atoms with Gasteiger partial charge in [0, 0.05) is 16.7 Å². The van der Waals surface area contributed by atoms with Crippen molar-refractivity contribution in [2.75, 3.05) is 5.73 Å². The predicted molar refractivity (Wildman–Crippen MR) is 79.5 cm³/mol. The van der Waals surface area contributed by atoms with Crippen LogP contribution in [0.15, 0.2) is 24.3 Å². The van der Waals surface area contributed by atoms with E-state index in [9.17, 15) is 0 Å². The van der Waals surface area contributed by atoms with Crippen LogP contribution in [0.4, 0.5) is 5.82 Å². The van der Waals surface area contributed by atoms with Crippen LogP contribution in [0.1, 0.15) is 25.8 Å². The van der Waals surface area contributed by atoms with Crippen molar-refractivity contribution in [2.45, 2.75) is 25.8 Å². The van der Waals surface area contributed by atoms with Crippen molar-refractivity contribution in [2.24, 2.45) is 5.92 Å². The molecule has 2 N–H and O–H groups in total. The van der Waals surface area contributed by atoms with Gasteiger partial charge in [-0.2, -0.15) is 5.10 Å². The molecule has 1 aromatic heterocycles. The third-order valence-electron chi connectivity index (χ3n) is 3.66. The molecule has 1 aliphatic rings. The molecule has 1 aliphatic carbocycles. The third-order valence-corrected chi connectivity index (χ3v) is 4.21. The van der Waals surface area contributed by atoms with E-state index in [0.29, 0.717) is 27.8 Å². The number of hydrogen-bond acceptors (Lipinski definition) is 2. The fourth-order valence-electron chi connectivity index (χ4n) is 2.34. The highest BCUT2D eigenvalue weighted by molar-refractivity contribution is 6.36. The first kappa shape index (κ1) is 12.8. The maximum absolute atomic E-state index is 6.21. The van der Waals surface area contributed by atoms with Gasteiger partial charge >= 0.3 is 0 Å². The van der Waals surface area contributed by atoms with Crippen LogP contribution in [-0.4, -0.2) is 9.78 Å². The Labute approximate surface area is 122 Å². The summed E-state index contributed by atoms with van der Waals surface area (Å²) in [7, 11) is 0. The topological polar surface area (TPSA) is 43.8 Å². The first-order valence-electron chi connectivity index (χ1n) is 6.36. The maximum atomic E-state index is 6.21. The molecule has 3 rings (SSSR count). The van der Waals surface area contributed by atoms with Crippen molar-refractivity contribution >= 4 is 29.0 Å². The van der Waals surface area contributed by atoms with Gasteiger partial charge in [0.15, 0.2) is 0 Å². The summed E-state index contributed by atoms with van der Waals surface area (Å²) in [5.41, 5.74) is 7.71. The van der Waals surface area contributed by atoms with E-state index in [1.54, 1.807) is 6.07 Å². The summed E-state index contributed by atoms with van der Waals surface area (Å²) in [6.45, 7) is 2.16. The van der Waals surface area contributed by atoms with Crippen LogP contribution in [0, 0.1) is 5.92 Å². The molecular formula is C14H15Cl2N3. The van der Waals surface area contributed by atoms with Crippen molar-refractivity contribution in [3.05, 3.63) is 34.3 Å². The lowest BCUT2D eigenvalue weighted by atomic mass is 10.1. The molecule has 1 aromatic carbocycles. The Morgan fingerprint density at radius 2 is 2.05 bits per heavy atom. The Morgan fingerprint density at radius 1 is 1.32 bits per heavy atom. The highest BCUT2D eigenvalue weighted by Crippen LogP contribution is 2.41.